The summed E-state index contributed by atoms with van der Waals surface area (Å²) in [6, 6.07) is 24.9. The van der Waals surface area contributed by atoms with Crippen molar-refractivity contribution in [3.63, 3.8) is 0 Å². The van der Waals surface area contributed by atoms with Crippen molar-refractivity contribution in [2.75, 3.05) is 19.1 Å². The minimum Gasteiger partial charge on any atom is -0.461 e. The van der Waals surface area contributed by atoms with E-state index < -0.39 is 54.1 Å². The van der Waals surface area contributed by atoms with Crippen LogP contribution in [0.5, 0.6) is 0 Å². The fourth-order valence-electron chi connectivity index (χ4n) is 7.55. The van der Waals surface area contributed by atoms with Crippen molar-refractivity contribution >= 4 is 40.7 Å². The van der Waals surface area contributed by atoms with Gasteiger partial charge in [-0.3, -0.25) is 9.36 Å². The van der Waals surface area contributed by atoms with Crippen LogP contribution in [-0.2, 0) is 35.0 Å². The van der Waals surface area contributed by atoms with E-state index in [1.54, 1.807) is 26.1 Å². The lowest BCUT2D eigenvalue weighted by atomic mass is 9.98. The van der Waals surface area contributed by atoms with Crippen LogP contribution in [0.15, 0.2) is 94.3 Å². The molecule has 12 nitrogen and oxygen atoms in total. The molecule has 0 radical (unpaired) electrons. The number of carbonyl (C=O) groups is 3. The molecule has 3 heterocycles. The quantitative estimate of drug-likeness (QED) is 0.0479. The van der Waals surface area contributed by atoms with E-state index in [-0.39, 0.29) is 37.2 Å². The largest absolute Gasteiger partial charge is 0.461 e. The van der Waals surface area contributed by atoms with Gasteiger partial charge in [0.25, 0.3) is 0 Å². The fraction of sp³-hybridized carbons (Fsp3) is 0.386. The smallest absolute Gasteiger partial charge is 0.407 e. The number of carbonyl (C=O) groups excluding carboxylic acids is 3. The molecular formula is C44H46ClN3O9. The van der Waals surface area contributed by atoms with Crippen molar-refractivity contribution in [1.82, 2.24) is 14.9 Å². The zero-order chi connectivity index (χ0) is 40.1. The average Bonchev–Trinajstić information content (AvgIpc) is 3.91. The molecule has 1 aliphatic heterocycles. The number of halogens is 1. The molecule has 1 N–H and O–H groups in total. The number of unbranched alkanes of at least 4 members (excludes halogenated alkanes) is 2. The molecule has 0 saturated carbocycles. The number of nitrogens with zero attached hydrogens (tertiary/aromatic N) is 2. The maximum Gasteiger partial charge on any atom is 0.407 e. The van der Waals surface area contributed by atoms with Gasteiger partial charge >= 0.3 is 23.7 Å². The molecule has 4 atom stereocenters. The third kappa shape index (κ3) is 8.92. The van der Waals surface area contributed by atoms with Crippen LogP contribution in [0.3, 0.4) is 0 Å². The van der Waals surface area contributed by atoms with E-state index in [9.17, 15) is 19.2 Å². The Morgan fingerprint density at radius 1 is 0.947 bits per heavy atom. The zero-order valence-electron chi connectivity index (χ0n) is 32.2. The van der Waals surface area contributed by atoms with Gasteiger partial charge in [0.2, 0.25) is 5.71 Å². The Kier molecular flexibility index (Phi) is 12.4. The highest BCUT2D eigenvalue weighted by atomic mass is 35.5. The standard InChI is InChI=1S/C44H46ClN3O9/c1-4-5-6-11-27-16-18-28(19-17-27)35-20-29-23-48(43(51)47-41(29)57-35)38-21-36(56-39(49)22-45)37(55-38)25-53-42(50)40(26(2)3)46-44(52)54-24-34-32-14-9-7-12-30(32)31-13-8-10-15-33(31)34/h7-10,12-20,23,26,34,36-38,40H,4-6,11,21-22,24-25H2,1-3H3,(H,46,52)/t36-,37+,38+,40+/m0/s1. The molecule has 1 aliphatic carbocycles. The second kappa shape index (κ2) is 17.8. The third-order valence-electron chi connectivity index (χ3n) is 10.6. The number of benzene rings is 3. The number of hydrogen-bond acceptors (Lipinski definition) is 10. The molecule has 1 fully saturated rings. The number of rotatable bonds is 15. The Morgan fingerprint density at radius 3 is 2.32 bits per heavy atom. The number of alkyl halides is 1. The minimum absolute atomic E-state index is 0.0632. The van der Waals surface area contributed by atoms with Crippen molar-refractivity contribution in [2.24, 2.45) is 5.92 Å². The van der Waals surface area contributed by atoms with Gasteiger partial charge in [0, 0.05) is 24.1 Å². The molecule has 2 aliphatic rings. The molecule has 1 saturated heterocycles. The lowest BCUT2D eigenvalue weighted by Crippen LogP contribution is -2.46. The zero-order valence-corrected chi connectivity index (χ0v) is 32.9. The SMILES string of the molecule is CCCCCc1ccc(-c2cc3cn([C@H]4C[C@H](OC(=O)CCl)[C@@H](COC(=O)[C@H](NC(=O)OCC5c6ccccc6-c6ccccc65)C(C)C)O4)c(=O)nc3o2)cc1. The van der Waals surface area contributed by atoms with Crippen LogP contribution in [0, 0.1) is 5.92 Å². The number of fused-ring (bicyclic) bond motifs is 4. The third-order valence-corrected chi connectivity index (χ3v) is 10.8. The highest BCUT2D eigenvalue weighted by Gasteiger charge is 2.41. The van der Waals surface area contributed by atoms with E-state index in [1.165, 1.54) is 16.6 Å². The van der Waals surface area contributed by atoms with Gasteiger partial charge in [0.15, 0.2) is 0 Å². The van der Waals surface area contributed by atoms with Crippen LogP contribution in [0.1, 0.15) is 75.3 Å². The molecular weight excluding hydrogens is 750 g/mol. The van der Waals surface area contributed by atoms with Crippen molar-refractivity contribution in [3.8, 4) is 22.5 Å². The van der Waals surface area contributed by atoms with E-state index in [0.29, 0.717) is 11.1 Å². The molecule has 2 aromatic heterocycles. The average molecular weight is 796 g/mol. The maximum absolute atomic E-state index is 13.4. The summed E-state index contributed by atoms with van der Waals surface area (Å²) in [6.07, 6.45) is 2.61. The second-order valence-corrected chi connectivity index (χ2v) is 15.1. The van der Waals surface area contributed by atoms with Crippen LogP contribution in [0.25, 0.3) is 33.6 Å². The normalized spacial score (nSPS) is 17.9. The number of aryl methyl sites for hydroxylation is 1. The lowest BCUT2D eigenvalue weighted by Gasteiger charge is -2.23. The summed E-state index contributed by atoms with van der Waals surface area (Å²) in [5.41, 5.74) is 5.98. The molecule has 1 amide bonds. The molecule has 13 heteroatoms. The monoisotopic (exact) mass is 795 g/mol. The Morgan fingerprint density at radius 2 is 1.65 bits per heavy atom. The molecule has 0 unspecified atom stereocenters. The number of esters is 2. The number of ether oxygens (including phenoxy) is 4. The highest BCUT2D eigenvalue weighted by Crippen LogP contribution is 2.44. The Hall–Kier alpha value is -5.46. The summed E-state index contributed by atoms with van der Waals surface area (Å²) in [5.74, 6) is -1.78. The highest BCUT2D eigenvalue weighted by molar-refractivity contribution is 6.26. The number of furan rings is 1. The summed E-state index contributed by atoms with van der Waals surface area (Å²) < 4.78 is 30.3. The molecule has 5 aromatic rings. The molecule has 7 rings (SSSR count). The number of amides is 1. The predicted octanol–water partition coefficient (Wildman–Crippen LogP) is 7.93. The number of alkyl carbamates (subject to hydrolysis) is 1. The first-order valence-corrected chi connectivity index (χ1v) is 20.0. The van der Waals surface area contributed by atoms with E-state index >= 15 is 0 Å². The summed E-state index contributed by atoms with van der Waals surface area (Å²) in [7, 11) is 0. The first-order chi connectivity index (χ1) is 27.6. The van der Waals surface area contributed by atoms with Crippen molar-refractivity contribution < 1.29 is 37.7 Å². The number of aromatic nitrogens is 2. The Labute approximate surface area is 335 Å². The van der Waals surface area contributed by atoms with E-state index in [4.69, 9.17) is 35.0 Å². The van der Waals surface area contributed by atoms with Crippen LogP contribution in [0.2, 0.25) is 0 Å². The second-order valence-electron chi connectivity index (χ2n) is 14.8. The first-order valence-electron chi connectivity index (χ1n) is 19.4. The lowest BCUT2D eigenvalue weighted by molar-refractivity contribution is -0.158. The van der Waals surface area contributed by atoms with Crippen molar-refractivity contribution in [3.05, 3.63) is 112 Å². The van der Waals surface area contributed by atoms with Crippen LogP contribution in [-0.4, -0.2) is 64.9 Å². The van der Waals surface area contributed by atoms with Gasteiger partial charge < -0.3 is 28.7 Å². The van der Waals surface area contributed by atoms with Crippen molar-refractivity contribution in [2.45, 2.75) is 83.3 Å². The van der Waals surface area contributed by atoms with Crippen LogP contribution < -0.4 is 11.0 Å². The maximum atomic E-state index is 13.4. The van der Waals surface area contributed by atoms with Crippen LogP contribution in [0.4, 0.5) is 4.79 Å². The number of hydrogen-bond donors (Lipinski definition) is 1. The van der Waals surface area contributed by atoms with Gasteiger partial charge in [-0.2, -0.15) is 4.98 Å². The van der Waals surface area contributed by atoms with E-state index in [1.807, 2.05) is 48.5 Å². The topological polar surface area (TPSA) is 148 Å². The Balaban J connectivity index is 0.995. The van der Waals surface area contributed by atoms with E-state index in [0.717, 1.165) is 47.1 Å². The van der Waals surface area contributed by atoms with Gasteiger partial charge in [0.05, 0.1) is 5.39 Å². The van der Waals surface area contributed by atoms with Gasteiger partial charge in [-0.15, -0.1) is 11.6 Å². The summed E-state index contributed by atoms with van der Waals surface area (Å²) in [4.78, 5) is 56.3. The molecule has 0 bridgehead atoms. The molecule has 3 aromatic carbocycles. The minimum atomic E-state index is -1.05. The van der Waals surface area contributed by atoms with Crippen LogP contribution >= 0.6 is 11.6 Å². The van der Waals surface area contributed by atoms with Crippen molar-refractivity contribution in [1.29, 1.82) is 0 Å². The van der Waals surface area contributed by atoms with Gasteiger partial charge in [0.1, 0.15) is 49.3 Å². The summed E-state index contributed by atoms with van der Waals surface area (Å²) in [6.45, 7) is 5.46. The first kappa shape index (κ1) is 39.8. The van der Waals surface area contributed by atoms with Gasteiger partial charge in [-0.1, -0.05) is 106 Å². The summed E-state index contributed by atoms with van der Waals surface area (Å²) in [5, 5.41) is 3.23. The fourth-order valence-corrected chi connectivity index (χ4v) is 7.62. The van der Waals surface area contributed by atoms with E-state index in [2.05, 4.69) is 41.5 Å². The predicted molar refractivity (Wildman–Crippen MR) is 214 cm³/mol. The summed E-state index contributed by atoms with van der Waals surface area (Å²) >= 11 is 5.75. The molecule has 0 spiro atoms. The molecule has 298 valence electrons. The molecule has 57 heavy (non-hydrogen) atoms. The Bertz CT molecular complexity index is 2240. The van der Waals surface area contributed by atoms with Gasteiger partial charge in [-0.25, -0.2) is 14.4 Å². The van der Waals surface area contributed by atoms with Gasteiger partial charge in [-0.05, 0) is 52.6 Å². The number of nitrogens with one attached hydrogen (secondary N) is 1.